The second kappa shape index (κ2) is 2.86. The van der Waals surface area contributed by atoms with Crippen LogP contribution in [0.2, 0.25) is 0 Å². The predicted molar refractivity (Wildman–Crippen MR) is 41.9 cm³/mol. The van der Waals surface area contributed by atoms with Crippen LogP contribution in [0.25, 0.3) is 0 Å². The Hall–Kier alpha value is -0.120. The van der Waals surface area contributed by atoms with E-state index in [0.29, 0.717) is 5.92 Å². The van der Waals surface area contributed by atoms with Crippen LogP contribution in [0.3, 0.4) is 0 Å². The highest BCUT2D eigenvalue weighted by molar-refractivity contribution is 4.81. The Bertz CT molecular complexity index is 99.9. The van der Waals surface area contributed by atoms with Crippen molar-refractivity contribution in [1.82, 2.24) is 0 Å². The van der Waals surface area contributed by atoms with Crippen molar-refractivity contribution >= 4 is 0 Å². The Morgan fingerprint density at radius 2 is 1.40 bits per heavy atom. The van der Waals surface area contributed by atoms with E-state index in [4.69, 9.17) is 17.2 Å². The number of hydrogen-bond acceptors (Lipinski definition) is 3. The van der Waals surface area contributed by atoms with Crippen LogP contribution in [0.4, 0.5) is 0 Å². The lowest BCUT2D eigenvalue weighted by atomic mass is 9.85. The van der Waals surface area contributed by atoms with Crippen LogP contribution in [0.15, 0.2) is 0 Å². The van der Waals surface area contributed by atoms with Crippen LogP contribution in [-0.2, 0) is 0 Å². The lowest BCUT2D eigenvalue weighted by Gasteiger charge is -2.32. The summed E-state index contributed by atoms with van der Waals surface area (Å²) in [4.78, 5) is 0. The van der Waals surface area contributed by atoms with Crippen LogP contribution in [0.1, 0.15) is 32.1 Å². The molecule has 0 radical (unpaired) electrons. The van der Waals surface area contributed by atoms with E-state index in [-0.39, 0.29) is 0 Å². The minimum atomic E-state index is -0.930. The van der Waals surface area contributed by atoms with Gasteiger partial charge in [-0.05, 0) is 12.8 Å². The summed E-state index contributed by atoms with van der Waals surface area (Å²) < 4.78 is 0. The maximum atomic E-state index is 5.57. The normalized spacial score (nSPS) is 23.1. The molecule has 0 heterocycles. The minimum absolute atomic E-state index is 0.334. The fraction of sp³-hybridized carbons (Fsp3) is 1.00. The smallest absolute Gasteiger partial charge is 0.118 e. The first-order valence-electron chi connectivity index (χ1n) is 3.97. The third-order valence-corrected chi connectivity index (χ3v) is 2.31. The molecule has 1 rings (SSSR count). The molecule has 0 atom stereocenters. The number of nitrogens with two attached hydrogens (primary N) is 3. The zero-order valence-electron chi connectivity index (χ0n) is 6.34. The maximum Gasteiger partial charge on any atom is 0.118 e. The van der Waals surface area contributed by atoms with Crippen molar-refractivity contribution in [3.8, 4) is 0 Å². The quantitative estimate of drug-likeness (QED) is 0.455. The molecule has 60 valence electrons. The highest BCUT2D eigenvalue weighted by atomic mass is 15.1. The highest BCUT2D eigenvalue weighted by Crippen LogP contribution is 2.26. The van der Waals surface area contributed by atoms with Crippen LogP contribution < -0.4 is 17.2 Å². The fourth-order valence-electron chi connectivity index (χ4n) is 1.60. The summed E-state index contributed by atoms with van der Waals surface area (Å²) >= 11 is 0. The summed E-state index contributed by atoms with van der Waals surface area (Å²) in [5.74, 6) is -0.596. The Labute approximate surface area is 61.9 Å². The van der Waals surface area contributed by atoms with Crippen LogP contribution >= 0.6 is 0 Å². The summed E-state index contributed by atoms with van der Waals surface area (Å²) in [7, 11) is 0. The van der Waals surface area contributed by atoms with Gasteiger partial charge in [0.15, 0.2) is 0 Å². The van der Waals surface area contributed by atoms with E-state index in [2.05, 4.69) is 0 Å². The molecule has 1 aliphatic carbocycles. The Kier molecular flexibility index (Phi) is 2.28. The van der Waals surface area contributed by atoms with Gasteiger partial charge < -0.3 is 17.2 Å². The Morgan fingerprint density at radius 1 is 0.900 bits per heavy atom. The van der Waals surface area contributed by atoms with Gasteiger partial charge >= 0.3 is 0 Å². The van der Waals surface area contributed by atoms with E-state index in [1.54, 1.807) is 0 Å². The van der Waals surface area contributed by atoms with Crippen molar-refractivity contribution in [2.24, 2.45) is 23.1 Å². The molecule has 0 aromatic heterocycles. The standard InChI is InChI=1S/C7H17N3/c8-7(9,10)6-4-2-1-3-5-6/h6H,1-5,8-10H2. The summed E-state index contributed by atoms with van der Waals surface area (Å²) in [5.41, 5.74) is 16.7. The van der Waals surface area contributed by atoms with Gasteiger partial charge in [-0.25, -0.2) is 0 Å². The molecule has 0 aromatic rings. The van der Waals surface area contributed by atoms with Gasteiger partial charge in [0.25, 0.3) is 0 Å². The topological polar surface area (TPSA) is 78.1 Å². The first kappa shape index (κ1) is 7.98. The lowest BCUT2D eigenvalue weighted by molar-refractivity contribution is 0.217. The molecule has 0 unspecified atom stereocenters. The second-order valence-corrected chi connectivity index (χ2v) is 3.33. The Morgan fingerprint density at radius 3 is 1.70 bits per heavy atom. The number of hydrogen-bond donors (Lipinski definition) is 3. The van der Waals surface area contributed by atoms with E-state index in [1.807, 2.05) is 0 Å². The van der Waals surface area contributed by atoms with Gasteiger partial charge in [-0.15, -0.1) is 0 Å². The van der Waals surface area contributed by atoms with Gasteiger partial charge in [-0.3, -0.25) is 0 Å². The predicted octanol–water partition coefficient (Wildman–Crippen LogP) is 0.0966. The summed E-state index contributed by atoms with van der Waals surface area (Å²) in [6, 6.07) is 0. The SMILES string of the molecule is NC(N)(N)C1CCCCC1. The van der Waals surface area contributed by atoms with Gasteiger partial charge in [0, 0.05) is 5.92 Å². The molecule has 3 heteroatoms. The van der Waals surface area contributed by atoms with Crippen molar-refractivity contribution in [2.75, 3.05) is 0 Å². The van der Waals surface area contributed by atoms with Crippen molar-refractivity contribution in [1.29, 1.82) is 0 Å². The van der Waals surface area contributed by atoms with E-state index in [9.17, 15) is 0 Å². The van der Waals surface area contributed by atoms with Crippen LogP contribution in [0, 0.1) is 5.92 Å². The molecule has 0 bridgehead atoms. The average Bonchev–Trinajstić information content (AvgIpc) is 1.88. The summed E-state index contributed by atoms with van der Waals surface area (Å²) in [6.45, 7) is 0. The third-order valence-electron chi connectivity index (χ3n) is 2.31. The molecule has 0 spiro atoms. The minimum Gasteiger partial charge on any atom is -0.301 e. The Balaban J connectivity index is 2.39. The van der Waals surface area contributed by atoms with Crippen molar-refractivity contribution in [3.05, 3.63) is 0 Å². The molecule has 1 aliphatic rings. The summed E-state index contributed by atoms with van der Waals surface area (Å²) in [6.07, 6.45) is 5.98. The largest absolute Gasteiger partial charge is 0.301 e. The van der Waals surface area contributed by atoms with Crippen molar-refractivity contribution < 1.29 is 0 Å². The molecule has 1 saturated carbocycles. The van der Waals surface area contributed by atoms with Crippen LogP contribution in [-0.4, -0.2) is 5.79 Å². The zero-order chi connectivity index (χ0) is 7.61. The zero-order valence-corrected chi connectivity index (χ0v) is 6.34. The van der Waals surface area contributed by atoms with E-state index in [1.165, 1.54) is 19.3 Å². The second-order valence-electron chi connectivity index (χ2n) is 3.33. The molecule has 0 amide bonds. The average molecular weight is 143 g/mol. The van der Waals surface area contributed by atoms with E-state index in [0.717, 1.165) is 12.8 Å². The summed E-state index contributed by atoms with van der Waals surface area (Å²) in [5, 5.41) is 0. The third kappa shape index (κ3) is 1.94. The van der Waals surface area contributed by atoms with E-state index >= 15 is 0 Å². The van der Waals surface area contributed by atoms with Crippen molar-refractivity contribution in [2.45, 2.75) is 37.9 Å². The molecular weight excluding hydrogens is 126 g/mol. The molecule has 3 nitrogen and oxygen atoms in total. The van der Waals surface area contributed by atoms with Crippen LogP contribution in [0.5, 0.6) is 0 Å². The maximum absolute atomic E-state index is 5.57. The van der Waals surface area contributed by atoms with Gasteiger partial charge in [0.05, 0.1) is 0 Å². The highest BCUT2D eigenvalue weighted by Gasteiger charge is 2.27. The van der Waals surface area contributed by atoms with Gasteiger partial charge in [0.2, 0.25) is 0 Å². The van der Waals surface area contributed by atoms with Gasteiger partial charge in [-0.2, -0.15) is 0 Å². The molecule has 10 heavy (non-hydrogen) atoms. The monoisotopic (exact) mass is 143 g/mol. The van der Waals surface area contributed by atoms with E-state index < -0.39 is 5.79 Å². The first-order chi connectivity index (χ1) is 4.61. The molecule has 0 aliphatic heterocycles. The lowest BCUT2D eigenvalue weighted by Crippen LogP contribution is -2.63. The molecule has 0 saturated heterocycles. The van der Waals surface area contributed by atoms with Gasteiger partial charge in [0.1, 0.15) is 5.79 Å². The molecular formula is C7H17N3. The number of rotatable bonds is 1. The molecule has 0 aromatic carbocycles. The van der Waals surface area contributed by atoms with Crippen molar-refractivity contribution in [3.63, 3.8) is 0 Å². The first-order valence-corrected chi connectivity index (χ1v) is 3.97. The molecule has 6 N–H and O–H groups in total. The molecule has 1 fully saturated rings. The van der Waals surface area contributed by atoms with Gasteiger partial charge in [-0.1, -0.05) is 19.3 Å². The fourth-order valence-corrected chi connectivity index (χ4v) is 1.60.